The summed E-state index contributed by atoms with van der Waals surface area (Å²) in [5.41, 5.74) is 2.23. The Kier molecular flexibility index (Phi) is 3.44. The molecule has 0 unspecified atom stereocenters. The lowest BCUT2D eigenvalue weighted by molar-refractivity contribution is 0.591. The highest BCUT2D eigenvalue weighted by molar-refractivity contribution is 7.17. The molecule has 3 heterocycles. The van der Waals surface area contributed by atoms with Crippen molar-refractivity contribution in [2.75, 3.05) is 0 Å². The fourth-order valence-electron chi connectivity index (χ4n) is 2.39. The minimum absolute atomic E-state index is 0.0747. The van der Waals surface area contributed by atoms with Gasteiger partial charge in [0, 0.05) is 17.4 Å². The van der Waals surface area contributed by atoms with E-state index in [0.717, 1.165) is 34.4 Å². The SMILES string of the molecule is CCc1cc(Cn2ccc3sccc3c2=O)n(CC)n1. The Morgan fingerprint density at radius 2 is 2.15 bits per heavy atom. The second-order valence-electron chi connectivity index (χ2n) is 4.74. The molecule has 0 fully saturated rings. The van der Waals surface area contributed by atoms with Crippen molar-refractivity contribution >= 4 is 21.4 Å². The summed E-state index contributed by atoms with van der Waals surface area (Å²) in [6.07, 6.45) is 2.79. The Bertz CT molecular complexity index is 797. The summed E-state index contributed by atoms with van der Waals surface area (Å²) in [6, 6.07) is 6.00. The summed E-state index contributed by atoms with van der Waals surface area (Å²) in [5, 5.41) is 7.29. The van der Waals surface area contributed by atoms with Crippen LogP contribution in [0.5, 0.6) is 0 Å². The molecule has 20 heavy (non-hydrogen) atoms. The number of fused-ring (bicyclic) bond motifs is 1. The summed E-state index contributed by atoms with van der Waals surface area (Å²) in [7, 11) is 0. The van der Waals surface area contributed by atoms with Crippen molar-refractivity contribution in [1.82, 2.24) is 14.3 Å². The monoisotopic (exact) mass is 287 g/mol. The number of aryl methyl sites for hydroxylation is 2. The average Bonchev–Trinajstić information content (AvgIpc) is 3.08. The molecule has 3 rings (SSSR count). The van der Waals surface area contributed by atoms with Gasteiger partial charge in [0.2, 0.25) is 0 Å². The van der Waals surface area contributed by atoms with Crippen molar-refractivity contribution < 1.29 is 0 Å². The first-order valence-electron chi connectivity index (χ1n) is 6.85. The number of aromatic nitrogens is 3. The molecule has 3 aromatic rings. The highest BCUT2D eigenvalue weighted by atomic mass is 32.1. The minimum atomic E-state index is 0.0747. The van der Waals surface area contributed by atoms with Crippen LogP contribution in [-0.4, -0.2) is 14.3 Å². The van der Waals surface area contributed by atoms with E-state index in [1.807, 2.05) is 28.4 Å². The molecule has 0 radical (unpaired) electrons. The van der Waals surface area contributed by atoms with E-state index < -0.39 is 0 Å². The van der Waals surface area contributed by atoms with Crippen LogP contribution in [0.25, 0.3) is 10.1 Å². The molecule has 0 aromatic carbocycles. The largest absolute Gasteiger partial charge is 0.309 e. The summed E-state index contributed by atoms with van der Waals surface area (Å²) < 4.78 is 4.78. The first-order chi connectivity index (χ1) is 9.72. The first-order valence-corrected chi connectivity index (χ1v) is 7.73. The average molecular weight is 287 g/mol. The van der Waals surface area contributed by atoms with Gasteiger partial charge in [0.15, 0.2) is 0 Å². The lowest BCUT2D eigenvalue weighted by atomic mass is 10.3. The zero-order valence-electron chi connectivity index (χ0n) is 11.7. The van der Waals surface area contributed by atoms with E-state index in [2.05, 4.69) is 25.0 Å². The van der Waals surface area contributed by atoms with Crippen LogP contribution < -0.4 is 5.56 Å². The maximum atomic E-state index is 12.4. The molecule has 0 aliphatic rings. The Labute approximate surface area is 121 Å². The molecular formula is C15H17N3OS. The lowest BCUT2D eigenvalue weighted by Crippen LogP contribution is -2.21. The highest BCUT2D eigenvalue weighted by Crippen LogP contribution is 2.16. The molecule has 0 atom stereocenters. The second-order valence-corrected chi connectivity index (χ2v) is 5.69. The highest BCUT2D eigenvalue weighted by Gasteiger charge is 2.09. The van der Waals surface area contributed by atoms with E-state index in [4.69, 9.17) is 0 Å². The van der Waals surface area contributed by atoms with E-state index in [1.165, 1.54) is 0 Å². The zero-order chi connectivity index (χ0) is 14.1. The normalized spacial score (nSPS) is 11.3. The van der Waals surface area contributed by atoms with Crippen molar-refractivity contribution in [3.8, 4) is 0 Å². The number of nitrogens with zero attached hydrogens (tertiary/aromatic N) is 3. The van der Waals surface area contributed by atoms with Gasteiger partial charge >= 0.3 is 0 Å². The molecule has 0 amide bonds. The van der Waals surface area contributed by atoms with Gasteiger partial charge in [-0.2, -0.15) is 5.10 Å². The molecule has 3 aromatic heterocycles. The van der Waals surface area contributed by atoms with E-state index in [0.29, 0.717) is 6.54 Å². The Hall–Kier alpha value is -1.88. The van der Waals surface area contributed by atoms with Crippen molar-refractivity contribution in [3.63, 3.8) is 0 Å². The number of hydrogen-bond donors (Lipinski definition) is 0. The topological polar surface area (TPSA) is 39.8 Å². The maximum Gasteiger partial charge on any atom is 0.259 e. The van der Waals surface area contributed by atoms with Crippen LogP contribution in [0, 0.1) is 0 Å². The van der Waals surface area contributed by atoms with Gasteiger partial charge in [-0.3, -0.25) is 9.48 Å². The van der Waals surface area contributed by atoms with Gasteiger partial charge in [-0.05, 0) is 36.9 Å². The van der Waals surface area contributed by atoms with Crippen LogP contribution in [0.2, 0.25) is 0 Å². The number of thiophene rings is 1. The molecule has 0 saturated carbocycles. The molecule has 0 aliphatic heterocycles. The maximum absolute atomic E-state index is 12.4. The van der Waals surface area contributed by atoms with Gasteiger partial charge in [-0.1, -0.05) is 6.92 Å². The van der Waals surface area contributed by atoms with Gasteiger partial charge in [-0.15, -0.1) is 11.3 Å². The van der Waals surface area contributed by atoms with Crippen molar-refractivity contribution in [1.29, 1.82) is 0 Å². The molecule has 4 nitrogen and oxygen atoms in total. The third-order valence-corrected chi connectivity index (χ3v) is 4.38. The smallest absolute Gasteiger partial charge is 0.259 e. The summed E-state index contributed by atoms with van der Waals surface area (Å²) in [4.78, 5) is 12.4. The van der Waals surface area contributed by atoms with Gasteiger partial charge < -0.3 is 4.57 Å². The van der Waals surface area contributed by atoms with Gasteiger partial charge in [0.1, 0.15) is 0 Å². The fourth-order valence-corrected chi connectivity index (χ4v) is 3.17. The molecule has 0 saturated heterocycles. The quantitative estimate of drug-likeness (QED) is 0.740. The number of rotatable bonds is 4. The van der Waals surface area contributed by atoms with Crippen LogP contribution in [0.15, 0.2) is 34.6 Å². The Morgan fingerprint density at radius 3 is 2.90 bits per heavy atom. The molecule has 5 heteroatoms. The second kappa shape index (κ2) is 5.25. The van der Waals surface area contributed by atoms with Gasteiger partial charge in [0.05, 0.1) is 23.3 Å². The van der Waals surface area contributed by atoms with Crippen LogP contribution in [0.1, 0.15) is 25.2 Å². The predicted molar refractivity (Wildman–Crippen MR) is 82.5 cm³/mol. The Morgan fingerprint density at radius 1 is 1.30 bits per heavy atom. The van der Waals surface area contributed by atoms with Crippen molar-refractivity contribution in [3.05, 3.63) is 51.5 Å². The van der Waals surface area contributed by atoms with Crippen molar-refractivity contribution in [2.24, 2.45) is 0 Å². The van der Waals surface area contributed by atoms with Crippen LogP contribution in [-0.2, 0) is 19.5 Å². The molecule has 0 bridgehead atoms. The van der Waals surface area contributed by atoms with Crippen LogP contribution >= 0.6 is 11.3 Å². The third-order valence-electron chi connectivity index (χ3n) is 3.50. The molecule has 0 aliphatic carbocycles. The lowest BCUT2D eigenvalue weighted by Gasteiger charge is -2.07. The van der Waals surface area contributed by atoms with E-state index >= 15 is 0 Å². The van der Waals surface area contributed by atoms with E-state index in [1.54, 1.807) is 15.9 Å². The van der Waals surface area contributed by atoms with Gasteiger partial charge in [-0.25, -0.2) is 0 Å². The summed E-state index contributed by atoms with van der Waals surface area (Å²) in [6.45, 7) is 5.56. The molecule has 0 spiro atoms. The summed E-state index contributed by atoms with van der Waals surface area (Å²) >= 11 is 1.60. The molecular weight excluding hydrogens is 270 g/mol. The van der Waals surface area contributed by atoms with E-state index in [9.17, 15) is 4.79 Å². The first kappa shape index (κ1) is 13.1. The summed E-state index contributed by atoms with van der Waals surface area (Å²) in [5.74, 6) is 0. The standard InChI is InChI=1S/C15H17N3OS/c1-3-11-9-12(18(4-2)16-11)10-17-7-5-14-13(15(17)19)6-8-20-14/h5-9H,3-4,10H2,1-2H3. The predicted octanol–water partition coefficient (Wildman–Crippen LogP) is 2.89. The Balaban J connectivity index is 2.02. The van der Waals surface area contributed by atoms with Gasteiger partial charge in [0.25, 0.3) is 5.56 Å². The van der Waals surface area contributed by atoms with Crippen LogP contribution in [0.3, 0.4) is 0 Å². The third kappa shape index (κ3) is 2.18. The number of hydrogen-bond acceptors (Lipinski definition) is 3. The van der Waals surface area contributed by atoms with E-state index in [-0.39, 0.29) is 5.56 Å². The fraction of sp³-hybridized carbons (Fsp3) is 0.333. The van der Waals surface area contributed by atoms with Crippen molar-refractivity contribution in [2.45, 2.75) is 33.4 Å². The molecule has 104 valence electrons. The minimum Gasteiger partial charge on any atom is -0.309 e. The van der Waals surface area contributed by atoms with Crippen LogP contribution in [0.4, 0.5) is 0 Å². The number of pyridine rings is 1. The molecule has 0 N–H and O–H groups in total. The zero-order valence-corrected chi connectivity index (χ0v) is 12.5.